The van der Waals surface area contributed by atoms with E-state index in [1.54, 1.807) is 11.8 Å². The number of benzene rings is 2. The molecule has 1 aliphatic heterocycles. The third kappa shape index (κ3) is 5.03. The molecule has 4 rings (SSSR count). The number of amides is 1. The zero-order valence-corrected chi connectivity index (χ0v) is 19.3. The molecule has 1 saturated heterocycles. The van der Waals surface area contributed by atoms with Gasteiger partial charge in [-0.3, -0.25) is 10.1 Å². The molecule has 1 fully saturated rings. The number of nitrogens with zero attached hydrogens (tertiary/aromatic N) is 3. The van der Waals surface area contributed by atoms with Gasteiger partial charge in [0.05, 0.1) is 4.90 Å². The van der Waals surface area contributed by atoms with E-state index in [1.807, 2.05) is 30.5 Å². The van der Waals surface area contributed by atoms with Gasteiger partial charge in [-0.15, -0.1) is 16.9 Å². The van der Waals surface area contributed by atoms with Gasteiger partial charge >= 0.3 is 6.01 Å². The summed E-state index contributed by atoms with van der Waals surface area (Å²) in [5, 5.41) is 10.4. The number of hydrogen-bond acceptors (Lipinski definition) is 7. The molecule has 10 heteroatoms. The van der Waals surface area contributed by atoms with E-state index in [4.69, 9.17) is 4.42 Å². The topological polar surface area (TPSA) is 105 Å². The van der Waals surface area contributed by atoms with Crippen LogP contribution >= 0.6 is 11.8 Å². The maximum absolute atomic E-state index is 12.9. The highest BCUT2D eigenvalue weighted by Crippen LogP contribution is 2.24. The van der Waals surface area contributed by atoms with Crippen LogP contribution in [0.5, 0.6) is 0 Å². The summed E-state index contributed by atoms with van der Waals surface area (Å²) in [6.45, 7) is 1.06. The van der Waals surface area contributed by atoms with Gasteiger partial charge in [-0.2, -0.15) is 4.31 Å². The summed E-state index contributed by atoms with van der Waals surface area (Å²) in [7, 11) is -3.56. The molecule has 0 saturated carbocycles. The van der Waals surface area contributed by atoms with Crippen LogP contribution in [0.25, 0.3) is 11.5 Å². The SMILES string of the molecule is CSc1ccc(-c2nnc(NC(=O)c3ccc(S(=O)(=O)N4CCCCCC4)cc3)o2)cc1. The van der Waals surface area contributed by atoms with Crippen molar-refractivity contribution in [2.45, 2.75) is 35.5 Å². The Bertz CT molecular complexity index is 1170. The van der Waals surface area contributed by atoms with E-state index in [2.05, 4.69) is 15.5 Å². The lowest BCUT2D eigenvalue weighted by atomic mass is 10.2. The standard InChI is InChI=1S/C22H24N4O4S2/c1-31-18-10-6-17(7-11-18)21-24-25-22(30-21)23-20(27)16-8-12-19(13-9-16)32(28,29)26-14-4-2-3-5-15-26/h6-13H,2-5,14-15H2,1H3,(H,23,25,27). The summed E-state index contributed by atoms with van der Waals surface area (Å²) in [4.78, 5) is 13.8. The smallest absolute Gasteiger partial charge is 0.322 e. The molecule has 1 N–H and O–H groups in total. The molecular weight excluding hydrogens is 448 g/mol. The molecule has 3 aromatic rings. The van der Waals surface area contributed by atoms with Crippen LogP contribution in [0, 0.1) is 0 Å². The lowest BCUT2D eigenvalue weighted by Gasteiger charge is -2.19. The van der Waals surface area contributed by atoms with E-state index >= 15 is 0 Å². The molecule has 32 heavy (non-hydrogen) atoms. The Morgan fingerprint density at radius 1 is 0.969 bits per heavy atom. The zero-order chi connectivity index (χ0) is 22.6. The molecule has 1 amide bonds. The van der Waals surface area contributed by atoms with E-state index in [1.165, 1.54) is 28.6 Å². The highest BCUT2D eigenvalue weighted by atomic mass is 32.2. The number of aromatic nitrogens is 2. The number of carbonyl (C=O) groups excluding carboxylic acids is 1. The van der Waals surface area contributed by atoms with Gasteiger partial charge in [0.15, 0.2) is 0 Å². The summed E-state index contributed by atoms with van der Waals surface area (Å²) >= 11 is 1.63. The van der Waals surface area contributed by atoms with Crippen molar-refractivity contribution < 1.29 is 17.6 Å². The molecule has 0 bridgehead atoms. The largest absolute Gasteiger partial charge is 0.403 e. The second-order valence-corrected chi connectivity index (χ2v) is 10.3. The number of hydrogen-bond donors (Lipinski definition) is 1. The Morgan fingerprint density at radius 3 is 2.25 bits per heavy atom. The van der Waals surface area contributed by atoms with E-state index < -0.39 is 15.9 Å². The molecule has 0 spiro atoms. The fourth-order valence-electron chi connectivity index (χ4n) is 3.50. The Balaban J connectivity index is 1.43. The van der Waals surface area contributed by atoms with Crippen molar-refractivity contribution >= 4 is 33.7 Å². The van der Waals surface area contributed by atoms with E-state index in [9.17, 15) is 13.2 Å². The van der Waals surface area contributed by atoms with Crippen molar-refractivity contribution in [2.24, 2.45) is 0 Å². The molecule has 0 unspecified atom stereocenters. The first-order valence-corrected chi connectivity index (χ1v) is 13.0. The minimum Gasteiger partial charge on any atom is -0.403 e. The van der Waals surface area contributed by atoms with Crippen LogP contribution in [0.3, 0.4) is 0 Å². The number of nitrogens with one attached hydrogen (secondary N) is 1. The van der Waals surface area contributed by atoms with Crippen LogP contribution in [0.1, 0.15) is 36.0 Å². The molecule has 1 aromatic heterocycles. The summed E-state index contributed by atoms with van der Waals surface area (Å²) in [6, 6.07) is 13.5. The van der Waals surface area contributed by atoms with Crippen molar-refractivity contribution in [1.82, 2.24) is 14.5 Å². The third-order valence-electron chi connectivity index (χ3n) is 5.30. The lowest BCUT2D eigenvalue weighted by molar-refractivity contribution is 0.102. The van der Waals surface area contributed by atoms with Gasteiger partial charge in [0.2, 0.25) is 15.9 Å². The quantitative estimate of drug-likeness (QED) is 0.534. The fraction of sp³-hybridized carbons (Fsp3) is 0.318. The first kappa shape index (κ1) is 22.5. The first-order chi connectivity index (χ1) is 15.5. The van der Waals surface area contributed by atoms with Gasteiger partial charge in [0.25, 0.3) is 5.91 Å². The maximum atomic E-state index is 12.9. The van der Waals surface area contributed by atoms with Crippen LogP contribution < -0.4 is 5.32 Å². The van der Waals surface area contributed by atoms with Crippen LogP contribution in [0.4, 0.5) is 6.01 Å². The lowest BCUT2D eigenvalue weighted by Crippen LogP contribution is -2.31. The van der Waals surface area contributed by atoms with Crippen molar-refractivity contribution in [1.29, 1.82) is 0 Å². The van der Waals surface area contributed by atoms with E-state index in [-0.39, 0.29) is 10.9 Å². The average molecular weight is 473 g/mol. The molecule has 2 heterocycles. The van der Waals surface area contributed by atoms with Crippen molar-refractivity contribution in [3.05, 3.63) is 54.1 Å². The van der Waals surface area contributed by atoms with Crippen LogP contribution in [-0.4, -0.2) is 48.2 Å². The van der Waals surface area contributed by atoms with Crippen molar-refractivity contribution in [3.63, 3.8) is 0 Å². The predicted octanol–water partition coefficient (Wildman–Crippen LogP) is 4.28. The predicted molar refractivity (Wildman–Crippen MR) is 123 cm³/mol. The number of thioether (sulfide) groups is 1. The van der Waals surface area contributed by atoms with Gasteiger partial charge in [0, 0.05) is 29.1 Å². The number of carbonyl (C=O) groups is 1. The van der Waals surface area contributed by atoms with Crippen molar-refractivity contribution in [2.75, 3.05) is 24.7 Å². The Morgan fingerprint density at radius 2 is 1.62 bits per heavy atom. The Hall–Kier alpha value is -2.69. The summed E-state index contributed by atoms with van der Waals surface area (Å²) in [5.74, 6) is -0.163. The van der Waals surface area contributed by atoms with Gasteiger partial charge in [-0.25, -0.2) is 8.42 Å². The van der Waals surface area contributed by atoms with Crippen LogP contribution in [0.2, 0.25) is 0 Å². The highest BCUT2D eigenvalue weighted by molar-refractivity contribution is 7.98. The molecule has 168 valence electrons. The summed E-state index contributed by atoms with van der Waals surface area (Å²) in [5.41, 5.74) is 1.04. The zero-order valence-electron chi connectivity index (χ0n) is 17.7. The number of sulfonamides is 1. The molecule has 0 radical (unpaired) electrons. The minimum absolute atomic E-state index is 0.0276. The molecule has 8 nitrogen and oxygen atoms in total. The van der Waals surface area contributed by atoms with Gasteiger partial charge in [-0.05, 0) is 67.6 Å². The van der Waals surface area contributed by atoms with Gasteiger partial charge < -0.3 is 4.42 Å². The average Bonchev–Trinajstić information content (AvgIpc) is 3.10. The van der Waals surface area contributed by atoms with Crippen LogP contribution in [-0.2, 0) is 10.0 Å². The maximum Gasteiger partial charge on any atom is 0.322 e. The number of rotatable bonds is 6. The third-order valence-corrected chi connectivity index (χ3v) is 7.96. The van der Waals surface area contributed by atoms with Gasteiger partial charge in [-0.1, -0.05) is 17.9 Å². The van der Waals surface area contributed by atoms with Crippen molar-refractivity contribution in [3.8, 4) is 11.5 Å². The molecule has 1 aliphatic rings. The molecular formula is C22H24N4O4S2. The van der Waals surface area contributed by atoms with Crippen LogP contribution in [0.15, 0.2) is 62.7 Å². The molecule has 0 aliphatic carbocycles. The Labute approximate surface area is 191 Å². The monoisotopic (exact) mass is 472 g/mol. The first-order valence-electron chi connectivity index (χ1n) is 10.4. The summed E-state index contributed by atoms with van der Waals surface area (Å²) in [6.07, 6.45) is 5.82. The number of anilines is 1. The van der Waals surface area contributed by atoms with E-state index in [0.29, 0.717) is 24.5 Å². The van der Waals surface area contributed by atoms with Gasteiger partial charge in [0.1, 0.15) is 0 Å². The molecule has 0 atom stereocenters. The van der Waals surface area contributed by atoms with E-state index in [0.717, 1.165) is 36.1 Å². The highest BCUT2D eigenvalue weighted by Gasteiger charge is 2.25. The second-order valence-electron chi connectivity index (χ2n) is 7.44. The minimum atomic E-state index is -3.56. The Kier molecular flexibility index (Phi) is 6.92. The summed E-state index contributed by atoms with van der Waals surface area (Å²) < 4.78 is 32.8. The molecule has 2 aromatic carbocycles. The fourth-order valence-corrected chi connectivity index (χ4v) is 5.43. The normalized spacial score (nSPS) is 15.3. The second kappa shape index (κ2) is 9.85.